The van der Waals surface area contributed by atoms with Gasteiger partial charge >= 0.3 is 0 Å². The van der Waals surface area contributed by atoms with Gasteiger partial charge in [-0.3, -0.25) is 0 Å². The summed E-state index contributed by atoms with van der Waals surface area (Å²) in [6.07, 6.45) is 4.72. The van der Waals surface area contributed by atoms with Crippen molar-refractivity contribution in [2.45, 2.75) is 44.7 Å². The first kappa shape index (κ1) is 10.5. The van der Waals surface area contributed by atoms with E-state index >= 15 is 0 Å². The van der Waals surface area contributed by atoms with Gasteiger partial charge in [-0.05, 0) is 43.4 Å². The summed E-state index contributed by atoms with van der Waals surface area (Å²) in [6.45, 7) is 2.18. The van der Waals surface area contributed by atoms with E-state index in [1.54, 1.807) is 0 Å². The summed E-state index contributed by atoms with van der Waals surface area (Å²) in [5, 5.41) is 3.52. The van der Waals surface area contributed by atoms with Gasteiger partial charge in [-0.15, -0.1) is 0 Å². The van der Waals surface area contributed by atoms with E-state index < -0.39 is 0 Å². The lowest BCUT2D eigenvalue weighted by Gasteiger charge is -2.18. The molecule has 2 heteroatoms. The van der Waals surface area contributed by atoms with E-state index in [9.17, 15) is 0 Å². The van der Waals surface area contributed by atoms with Gasteiger partial charge in [0.05, 0.1) is 0 Å². The van der Waals surface area contributed by atoms with Crippen LogP contribution in [0.4, 0.5) is 5.69 Å². The van der Waals surface area contributed by atoms with Crippen molar-refractivity contribution < 1.29 is 0 Å². The monoisotopic (exact) mass is 204 g/mol. The second-order valence-corrected chi connectivity index (χ2v) is 4.40. The molecule has 0 heterocycles. The Hall–Kier alpha value is -1.02. The van der Waals surface area contributed by atoms with Gasteiger partial charge in [0.2, 0.25) is 0 Å². The lowest BCUT2D eigenvalue weighted by Crippen LogP contribution is -2.35. The quantitative estimate of drug-likeness (QED) is 0.794. The van der Waals surface area contributed by atoms with Crippen LogP contribution in [-0.2, 0) is 6.42 Å². The van der Waals surface area contributed by atoms with Crippen LogP contribution in [-0.4, -0.2) is 12.1 Å². The van der Waals surface area contributed by atoms with Crippen LogP contribution in [0.25, 0.3) is 0 Å². The zero-order valence-corrected chi connectivity index (χ0v) is 9.37. The Labute approximate surface area is 91.9 Å². The lowest BCUT2D eigenvalue weighted by molar-refractivity contribution is 0.638. The molecule has 3 N–H and O–H groups in total. The molecule has 0 spiro atoms. The first-order valence-electron chi connectivity index (χ1n) is 5.90. The third kappa shape index (κ3) is 2.51. The summed E-state index contributed by atoms with van der Waals surface area (Å²) in [5.41, 5.74) is 8.61. The number of rotatable bonds is 3. The Morgan fingerprint density at radius 2 is 2.00 bits per heavy atom. The first-order valence-corrected chi connectivity index (χ1v) is 5.90. The van der Waals surface area contributed by atoms with Gasteiger partial charge in [-0.25, -0.2) is 0 Å². The maximum absolute atomic E-state index is 6.02. The highest BCUT2D eigenvalue weighted by molar-refractivity contribution is 5.46. The lowest BCUT2D eigenvalue weighted by atomic mass is 10.1. The van der Waals surface area contributed by atoms with Crippen LogP contribution in [0.15, 0.2) is 24.3 Å². The molecule has 1 saturated carbocycles. The summed E-state index contributed by atoms with van der Waals surface area (Å²) in [4.78, 5) is 0. The van der Waals surface area contributed by atoms with Crippen LogP contribution >= 0.6 is 0 Å². The molecule has 82 valence electrons. The molecule has 0 aromatic heterocycles. The third-order valence-corrected chi connectivity index (χ3v) is 3.28. The molecule has 0 bridgehead atoms. The molecule has 0 unspecified atom stereocenters. The maximum Gasteiger partial charge on any atom is 0.0412 e. The van der Waals surface area contributed by atoms with Crippen molar-refractivity contribution in [3.05, 3.63) is 29.8 Å². The Balaban J connectivity index is 1.98. The Morgan fingerprint density at radius 3 is 2.53 bits per heavy atom. The van der Waals surface area contributed by atoms with Crippen LogP contribution in [0.2, 0.25) is 0 Å². The van der Waals surface area contributed by atoms with Crippen molar-refractivity contribution in [1.29, 1.82) is 0 Å². The zero-order valence-electron chi connectivity index (χ0n) is 9.37. The molecule has 1 aliphatic carbocycles. The van der Waals surface area contributed by atoms with E-state index in [0.717, 1.165) is 12.8 Å². The standard InChI is InChI=1S/C13H20N2/c1-2-10-6-8-11(9-7-10)15-13-5-3-4-12(13)14/h6-9,12-13,15H,2-5,14H2,1H3/t12-,13-/m1/s1. The number of benzene rings is 1. The van der Waals surface area contributed by atoms with Crippen LogP contribution < -0.4 is 11.1 Å². The van der Waals surface area contributed by atoms with Gasteiger partial charge in [0.25, 0.3) is 0 Å². The van der Waals surface area contributed by atoms with E-state index in [4.69, 9.17) is 5.73 Å². The van der Waals surface area contributed by atoms with E-state index in [-0.39, 0.29) is 0 Å². The molecule has 1 aromatic rings. The van der Waals surface area contributed by atoms with Gasteiger partial charge in [0.1, 0.15) is 0 Å². The largest absolute Gasteiger partial charge is 0.381 e. The van der Waals surface area contributed by atoms with Gasteiger partial charge in [0, 0.05) is 17.8 Å². The summed E-state index contributed by atoms with van der Waals surface area (Å²) >= 11 is 0. The molecule has 0 radical (unpaired) electrons. The summed E-state index contributed by atoms with van der Waals surface area (Å²) in [6, 6.07) is 9.48. The number of nitrogens with two attached hydrogens (primary N) is 1. The molecule has 2 nitrogen and oxygen atoms in total. The Morgan fingerprint density at radius 1 is 1.27 bits per heavy atom. The highest BCUT2D eigenvalue weighted by Gasteiger charge is 2.23. The molecular weight excluding hydrogens is 184 g/mol. The van der Waals surface area contributed by atoms with Crippen molar-refractivity contribution in [3.63, 3.8) is 0 Å². The minimum Gasteiger partial charge on any atom is -0.381 e. The zero-order chi connectivity index (χ0) is 10.7. The Bertz CT molecular complexity index is 305. The molecule has 1 fully saturated rings. The molecule has 1 aliphatic rings. The van der Waals surface area contributed by atoms with Crippen LogP contribution in [0.3, 0.4) is 0 Å². The number of hydrogen-bond acceptors (Lipinski definition) is 2. The van der Waals surface area contributed by atoms with Crippen molar-refractivity contribution in [1.82, 2.24) is 0 Å². The number of anilines is 1. The van der Waals surface area contributed by atoms with Gasteiger partial charge in [-0.1, -0.05) is 19.1 Å². The second-order valence-electron chi connectivity index (χ2n) is 4.40. The predicted molar refractivity (Wildman–Crippen MR) is 65.1 cm³/mol. The second kappa shape index (κ2) is 4.67. The fraction of sp³-hybridized carbons (Fsp3) is 0.538. The minimum absolute atomic E-state index is 0.329. The fourth-order valence-electron chi connectivity index (χ4n) is 2.22. The van der Waals surface area contributed by atoms with E-state index in [1.165, 1.54) is 24.1 Å². The third-order valence-electron chi connectivity index (χ3n) is 3.28. The maximum atomic E-state index is 6.02. The van der Waals surface area contributed by atoms with Gasteiger partial charge < -0.3 is 11.1 Å². The molecule has 15 heavy (non-hydrogen) atoms. The van der Waals surface area contributed by atoms with Crippen molar-refractivity contribution >= 4 is 5.69 Å². The predicted octanol–water partition coefficient (Wildman–Crippen LogP) is 2.54. The topological polar surface area (TPSA) is 38.0 Å². The Kier molecular flexibility index (Phi) is 3.27. The molecule has 2 atom stereocenters. The molecule has 0 aliphatic heterocycles. The van der Waals surface area contributed by atoms with E-state index in [0.29, 0.717) is 12.1 Å². The van der Waals surface area contributed by atoms with E-state index in [2.05, 4.69) is 36.5 Å². The molecule has 1 aromatic carbocycles. The first-order chi connectivity index (χ1) is 7.29. The normalized spacial score (nSPS) is 25.5. The molecule has 2 rings (SSSR count). The molecule has 0 saturated heterocycles. The van der Waals surface area contributed by atoms with Crippen LogP contribution in [0.5, 0.6) is 0 Å². The van der Waals surface area contributed by atoms with Crippen molar-refractivity contribution in [2.24, 2.45) is 5.73 Å². The highest BCUT2D eigenvalue weighted by atomic mass is 15.0. The smallest absolute Gasteiger partial charge is 0.0412 e. The van der Waals surface area contributed by atoms with Gasteiger partial charge in [-0.2, -0.15) is 0 Å². The summed E-state index contributed by atoms with van der Waals surface area (Å²) in [7, 11) is 0. The van der Waals surface area contributed by atoms with Gasteiger partial charge in [0.15, 0.2) is 0 Å². The fourth-order valence-corrected chi connectivity index (χ4v) is 2.22. The van der Waals surface area contributed by atoms with Crippen LogP contribution in [0, 0.1) is 0 Å². The number of nitrogens with one attached hydrogen (secondary N) is 1. The molecule has 0 amide bonds. The summed E-state index contributed by atoms with van der Waals surface area (Å²) in [5.74, 6) is 0. The highest BCUT2D eigenvalue weighted by Crippen LogP contribution is 2.21. The SMILES string of the molecule is CCc1ccc(N[C@@H]2CCC[C@H]2N)cc1. The van der Waals surface area contributed by atoms with Crippen molar-refractivity contribution in [3.8, 4) is 0 Å². The van der Waals surface area contributed by atoms with Crippen molar-refractivity contribution in [2.75, 3.05) is 5.32 Å². The summed E-state index contributed by atoms with van der Waals surface area (Å²) < 4.78 is 0. The minimum atomic E-state index is 0.329. The molecular formula is C13H20N2. The van der Waals surface area contributed by atoms with Crippen LogP contribution in [0.1, 0.15) is 31.7 Å². The average Bonchev–Trinajstić information content (AvgIpc) is 2.66. The average molecular weight is 204 g/mol. The number of hydrogen-bond donors (Lipinski definition) is 2. The van der Waals surface area contributed by atoms with E-state index in [1.807, 2.05) is 0 Å². The number of aryl methyl sites for hydroxylation is 1.